The highest BCUT2D eigenvalue weighted by Crippen LogP contribution is 2.20. The highest BCUT2D eigenvalue weighted by Gasteiger charge is 2.11. The Morgan fingerprint density at radius 1 is 1.17 bits per heavy atom. The van der Waals surface area contributed by atoms with Crippen LogP contribution in [0.1, 0.15) is 44.7 Å². The van der Waals surface area contributed by atoms with Gasteiger partial charge in [-0.25, -0.2) is 0 Å². The van der Waals surface area contributed by atoms with Crippen LogP contribution in [0.5, 0.6) is 0 Å². The molecular weight excluding hydrogens is 290 g/mol. The van der Waals surface area contributed by atoms with Crippen molar-refractivity contribution in [2.75, 3.05) is 13.2 Å². The van der Waals surface area contributed by atoms with Gasteiger partial charge in [0, 0.05) is 17.1 Å². The zero-order valence-corrected chi connectivity index (χ0v) is 12.9. The van der Waals surface area contributed by atoms with Crippen LogP contribution in [0.4, 0.5) is 0 Å². The molecule has 102 valence electrons. The molecule has 0 aliphatic rings. The second-order valence-corrected chi connectivity index (χ2v) is 5.62. The van der Waals surface area contributed by atoms with Crippen LogP contribution in [0, 0.1) is 5.92 Å². The van der Waals surface area contributed by atoms with Crippen LogP contribution in [0.3, 0.4) is 0 Å². The average Bonchev–Trinajstić information content (AvgIpc) is 2.40. The number of halogens is 1. The van der Waals surface area contributed by atoms with Gasteiger partial charge in [0.05, 0.1) is 0 Å². The summed E-state index contributed by atoms with van der Waals surface area (Å²) >= 11 is 3.46. The molecule has 0 radical (unpaired) electrons. The van der Waals surface area contributed by atoms with Gasteiger partial charge in [0.25, 0.3) is 0 Å². The molecule has 0 fully saturated rings. The predicted molar refractivity (Wildman–Crippen MR) is 80.7 cm³/mol. The lowest BCUT2D eigenvalue weighted by molar-refractivity contribution is 0.248. The molecule has 1 aromatic rings. The van der Waals surface area contributed by atoms with Gasteiger partial charge in [0.2, 0.25) is 0 Å². The summed E-state index contributed by atoms with van der Waals surface area (Å²) in [6.45, 7) is 5.65. The fourth-order valence-electron chi connectivity index (χ4n) is 2.14. The van der Waals surface area contributed by atoms with E-state index in [-0.39, 0.29) is 6.61 Å². The van der Waals surface area contributed by atoms with Crippen LogP contribution < -0.4 is 5.32 Å². The molecule has 18 heavy (non-hydrogen) atoms. The van der Waals surface area contributed by atoms with Crippen molar-refractivity contribution in [1.82, 2.24) is 5.32 Å². The second kappa shape index (κ2) is 8.68. The van der Waals surface area contributed by atoms with Crippen LogP contribution in [-0.2, 0) is 0 Å². The average molecular weight is 314 g/mol. The van der Waals surface area contributed by atoms with Gasteiger partial charge in [-0.15, -0.1) is 0 Å². The van der Waals surface area contributed by atoms with Crippen LogP contribution in [-0.4, -0.2) is 18.3 Å². The maximum atomic E-state index is 9.00. The van der Waals surface area contributed by atoms with Gasteiger partial charge in [-0.1, -0.05) is 48.3 Å². The molecule has 2 N–H and O–H groups in total. The molecule has 0 aromatic heterocycles. The minimum Gasteiger partial charge on any atom is -0.396 e. The number of rotatable bonds is 8. The first-order valence-corrected chi connectivity index (χ1v) is 7.60. The van der Waals surface area contributed by atoms with Crippen molar-refractivity contribution in [3.8, 4) is 0 Å². The maximum Gasteiger partial charge on any atom is 0.0434 e. The third-order valence-electron chi connectivity index (χ3n) is 3.45. The molecule has 2 nitrogen and oxygen atoms in total. The SMILES string of the molecule is CCC(CCO)CNC(CC)c1ccc(Br)cc1. The van der Waals surface area contributed by atoms with Crippen molar-refractivity contribution in [3.05, 3.63) is 34.3 Å². The lowest BCUT2D eigenvalue weighted by Gasteiger charge is -2.21. The lowest BCUT2D eigenvalue weighted by Crippen LogP contribution is -2.27. The Hall–Kier alpha value is -0.380. The third kappa shape index (κ3) is 5.09. The first-order valence-electron chi connectivity index (χ1n) is 6.80. The van der Waals surface area contributed by atoms with Crippen molar-refractivity contribution < 1.29 is 5.11 Å². The summed E-state index contributed by atoms with van der Waals surface area (Å²) in [5.74, 6) is 0.569. The van der Waals surface area contributed by atoms with E-state index in [2.05, 4.69) is 59.4 Å². The highest BCUT2D eigenvalue weighted by molar-refractivity contribution is 9.10. The molecule has 0 aliphatic carbocycles. The summed E-state index contributed by atoms with van der Waals surface area (Å²) in [6, 6.07) is 8.91. The Morgan fingerprint density at radius 3 is 2.33 bits per heavy atom. The minimum absolute atomic E-state index is 0.287. The summed E-state index contributed by atoms with van der Waals surface area (Å²) in [6.07, 6.45) is 3.09. The molecule has 1 rings (SSSR count). The summed E-state index contributed by atoms with van der Waals surface area (Å²) in [7, 11) is 0. The molecule has 0 aliphatic heterocycles. The zero-order chi connectivity index (χ0) is 13.4. The molecule has 0 saturated heterocycles. The predicted octanol–water partition coefficient (Wildman–Crippen LogP) is 3.90. The first kappa shape index (κ1) is 15.7. The number of benzene rings is 1. The van der Waals surface area contributed by atoms with Crippen molar-refractivity contribution >= 4 is 15.9 Å². The molecule has 0 saturated carbocycles. The normalized spacial score (nSPS) is 14.4. The smallest absolute Gasteiger partial charge is 0.0434 e. The Labute approximate surface area is 119 Å². The number of aliphatic hydroxyl groups excluding tert-OH is 1. The quantitative estimate of drug-likeness (QED) is 0.763. The number of nitrogens with one attached hydrogen (secondary N) is 1. The van der Waals surface area contributed by atoms with Crippen LogP contribution in [0.15, 0.2) is 28.7 Å². The van der Waals surface area contributed by atoms with E-state index in [4.69, 9.17) is 5.11 Å². The Morgan fingerprint density at radius 2 is 1.83 bits per heavy atom. The largest absolute Gasteiger partial charge is 0.396 e. The summed E-state index contributed by atoms with van der Waals surface area (Å²) in [4.78, 5) is 0. The Balaban J connectivity index is 2.53. The molecular formula is C15H24BrNO. The van der Waals surface area contributed by atoms with Crippen molar-refractivity contribution in [3.63, 3.8) is 0 Å². The molecule has 0 spiro atoms. The molecule has 2 atom stereocenters. The second-order valence-electron chi connectivity index (χ2n) is 4.71. The van der Waals surface area contributed by atoms with Gasteiger partial charge in [-0.2, -0.15) is 0 Å². The summed E-state index contributed by atoms with van der Waals surface area (Å²) < 4.78 is 1.12. The fourth-order valence-corrected chi connectivity index (χ4v) is 2.40. The van der Waals surface area contributed by atoms with E-state index in [0.717, 1.165) is 30.3 Å². The molecule has 2 unspecified atom stereocenters. The van der Waals surface area contributed by atoms with Gasteiger partial charge in [-0.05, 0) is 43.0 Å². The number of hydrogen-bond acceptors (Lipinski definition) is 2. The first-order chi connectivity index (χ1) is 8.71. The number of aliphatic hydroxyl groups is 1. The third-order valence-corrected chi connectivity index (χ3v) is 3.98. The Kier molecular flexibility index (Phi) is 7.56. The summed E-state index contributed by atoms with van der Waals surface area (Å²) in [5.41, 5.74) is 1.33. The minimum atomic E-state index is 0.287. The van der Waals surface area contributed by atoms with Gasteiger partial charge in [0.15, 0.2) is 0 Å². The Bertz CT molecular complexity index is 326. The molecule has 0 bridgehead atoms. The van der Waals surface area contributed by atoms with Gasteiger partial charge in [-0.3, -0.25) is 0 Å². The van der Waals surface area contributed by atoms with Gasteiger partial charge in [0.1, 0.15) is 0 Å². The lowest BCUT2D eigenvalue weighted by atomic mass is 10.00. The van der Waals surface area contributed by atoms with E-state index in [1.54, 1.807) is 0 Å². The number of hydrogen-bond donors (Lipinski definition) is 2. The van der Waals surface area contributed by atoms with E-state index in [1.165, 1.54) is 5.56 Å². The van der Waals surface area contributed by atoms with E-state index in [0.29, 0.717) is 12.0 Å². The summed E-state index contributed by atoms with van der Waals surface area (Å²) in [5, 5.41) is 12.6. The van der Waals surface area contributed by atoms with Gasteiger partial charge >= 0.3 is 0 Å². The fraction of sp³-hybridized carbons (Fsp3) is 0.600. The maximum absolute atomic E-state index is 9.00. The molecule has 1 aromatic carbocycles. The van der Waals surface area contributed by atoms with Crippen molar-refractivity contribution in [2.24, 2.45) is 5.92 Å². The van der Waals surface area contributed by atoms with E-state index < -0.39 is 0 Å². The monoisotopic (exact) mass is 313 g/mol. The molecule has 0 heterocycles. The highest BCUT2D eigenvalue weighted by atomic mass is 79.9. The molecule has 3 heteroatoms. The molecule has 0 amide bonds. The van der Waals surface area contributed by atoms with Gasteiger partial charge < -0.3 is 10.4 Å². The standard InChI is InChI=1S/C15H24BrNO/c1-3-12(9-10-18)11-17-15(4-2)13-5-7-14(16)8-6-13/h5-8,12,15,17-18H,3-4,9-11H2,1-2H3. The van der Waals surface area contributed by atoms with E-state index in [1.807, 2.05) is 0 Å². The topological polar surface area (TPSA) is 32.3 Å². The van der Waals surface area contributed by atoms with E-state index >= 15 is 0 Å². The van der Waals surface area contributed by atoms with Crippen LogP contribution in [0.25, 0.3) is 0 Å². The van der Waals surface area contributed by atoms with Crippen LogP contribution >= 0.6 is 15.9 Å². The van der Waals surface area contributed by atoms with Crippen LogP contribution in [0.2, 0.25) is 0 Å². The van der Waals surface area contributed by atoms with Crippen molar-refractivity contribution in [2.45, 2.75) is 39.2 Å². The van der Waals surface area contributed by atoms with E-state index in [9.17, 15) is 0 Å². The van der Waals surface area contributed by atoms with Crippen molar-refractivity contribution in [1.29, 1.82) is 0 Å². The zero-order valence-electron chi connectivity index (χ0n) is 11.3.